The van der Waals surface area contributed by atoms with Gasteiger partial charge in [-0.3, -0.25) is 9.59 Å². The third-order valence-electron chi connectivity index (χ3n) is 3.86. The number of nitrogens with zero attached hydrogens (tertiary/aromatic N) is 1. The SMILES string of the molecule is CCCC1NC(=O)C(C)N(Cc2ccccc2OC)C1=O. The molecule has 1 heterocycles. The molecule has 2 atom stereocenters. The van der Waals surface area contributed by atoms with E-state index in [0.717, 1.165) is 17.7 Å². The van der Waals surface area contributed by atoms with Gasteiger partial charge in [-0.05, 0) is 19.4 Å². The van der Waals surface area contributed by atoms with Crippen LogP contribution in [0.25, 0.3) is 0 Å². The topological polar surface area (TPSA) is 58.6 Å². The summed E-state index contributed by atoms with van der Waals surface area (Å²) in [6.07, 6.45) is 1.52. The monoisotopic (exact) mass is 290 g/mol. The molecule has 0 bridgehead atoms. The van der Waals surface area contributed by atoms with Gasteiger partial charge in [0.1, 0.15) is 17.8 Å². The Morgan fingerprint density at radius 1 is 1.29 bits per heavy atom. The second kappa shape index (κ2) is 6.61. The number of nitrogens with one attached hydrogen (secondary N) is 1. The summed E-state index contributed by atoms with van der Waals surface area (Å²) in [5.74, 6) is 0.619. The summed E-state index contributed by atoms with van der Waals surface area (Å²) in [4.78, 5) is 26.2. The van der Waals surface area contributed by atoms with Gasteiger partial charge in [0.15, 0.2) is 0 Å². The molecule has 1 fully saturated rings. The van der Waals surface area contributed by atoms with Crippen LogP contribution in [0.4, 0.5) is 0 Å². The molecule has 2 amide bonds. The van der Waals surface area contributed by atoms with Crippen molar-refractivity contribution in [3.8, 4) is 5.75 Å². The highest BCUT2D eigenvalue weighted by Crippen LogP contribution is 2.23. The number of hydrogen-bond donors (Lipinski definition) is 1. The summed E-state index contributed by atoms with van der Waals surface area (Å²) >= 11 is 0. The molecular formula is C16H22N2O3. The molecule has 2 rings (SSSR count). The number of rotatable bonds is 5. The van der Waals surface area contributed by atoms with Gasteiger partial charge in [0.05, 0.1) is 13.7 Å². The van der Waals surface area contributed by atoms with Crippen molar-refractivity contribution in [1.82, 2.24) is 10.2 Å². The first kappa shape index (κ1) is 15.4. The van der Waals surface area contributed by atoms with Crippen molar-refractivity contribution in [1.29, 1.82) is 0 Å². The van der Waals surface area contributed by atoms with Gasteiger partial charge in [0.25, 0.3) is 0 Å². The highest BCUT2D eigenvalue weighted by molar-refractivity contribution is 5.96. The molecule has 0 radical (unpaired) electrons. The molecule has 0 aromatic heterocycles. The number of para-hydroxylation sites is 1. The van der Waals surface area contributed by atoms with Crippen LogP contribution in [0.2, 0.25) is 0 Å². The van der Waals surface area contributed by atoms with Crippen LogP contribution in [-0.4, -0.2) is 35.9 Å². The van der Waals surface area contributed by atoms with Crippen LogP contribution < -0.4 is 10.1 Å². The first-order valence-corrected chi connectivity index (χ1v) is 7.31. The standard InChI is InChI=1S/C16H22N2O3/c1-4-7-13-16(20)18(11(2)15(19)17-13)10-12-8-5-6-9-14(12)21-3/h5-6,8-9,11,13H,4,7,10H2,1-3H3,(H,17,19). The quantitative estimate of drug-likeness (QED) is 0.898. The van der Waals surface area contributed by atoms with E-state index in [2.05, 4.69) is 5.32 Å². The molecule has 0 aliphatic carbocycles. The van der Waals surface area contributed by atoms with Crippen LogP contribution in [0.15, 0.2) is 24.3 Å². The summed E-state index contributed by atoms with van der Waals surface area (Å²) < 4.78 is 5.32. The average Bonchev–Trinajstić information content (AvgIpc) is 2.49. The minimum Gasteiger partial charge on any atom is -0.496 e. The number of carbonyl (C=O) groups excluding carboxylic acids is 2. The first-order chi connectivity index (χ1) is 10.1. The van der Waals surface area contributed by atoms with Crippen LogP contribution in [0.5, 0.6) is 5.75 Å². The van der Waals surface area contributed by atoms with Gasteiger partial charge in [-0.1, -0.05) is 31.5 Å². The van der Waals surface area contributed by atoms with Crippen LogP contribution in [0, 0.1) is 0 Å². The predicted octanol–water partition coefficient (Wildman–Crippen LogP) is 1.71. The number of hydrogen-bond acceptors (Lipinski definition) is 3. The van der Waals surface area contributed by atoms with E-state index in [0.29, 0.717) is 13.0 Å². The molecule has 1 aliphatic heterocycles. The molecule has 2 unspecified atom stereocenters. The lowest BCUT2D eigenvalue weighted by molar-refractivity contribution is -0.149. The van der Waals surface area contributed by atoms with E-state index in [1.165, 1.54) is 0 Å². The Kier molecular flexibility index (Phi) is 4.83. The number of piperazine rings is 1. The van der Waals surface area contributed by atoms with Crippen LogP contribution in [0.3, 0.4) is 0 Å². The second-order valence-corrected chi connectivity index (χ2v) is 5.30. The Bertz CT molecular complexity index is 530. The molecule has 1 aromatic carbocycles. The van der Waals surface area contributed by atoms with Crippen LogP contribution >= 0.6 is 0 Å². The third kappa shape index (κ3) is 3.17. The second-order valence-electron chi connectivity index (χ2n) is 5.30. The van der Waals surface area contributed by atoms with Gasteiger partial charge < -0.3 is 15.0 Å². The highest BCUT2D eigenvalue weighted by atomic mass is 16.5. The normalized spacial score (nSPS) is 22.1. The van der Waals surface area contributed by atoms with Gasteiger partial charge in [-0.2, -0.15) is 0 Å². The summed E-state index contributed by atoms with van der Waals surface area (Å²) in [5, 5.41) is 2.80. The molecule has 1 aromatic rings. The van der Waals surface area contributed by atoms with E-state index in [9.17, 15) is 9.59 Å². The van der Waals surface area contributed by atoms with Crippen LogP contribution in [-0.2, 0) is 16.1 Å². The van der Waals surface area contributed by atoms with Gasteiger partial charge in [-0.25, -0.2) is 0 Å². The van der Waals surface area contributed by atoms with Crippen molar-refractivity contribution >= 4 is 11.8 Å². The first-order valence-electron chi connectivity index (χ1n) is 7.31. The third-order valence-corrected chi connectivity index (χ3v) is 3.86. The Morgan fingerprint density at radius 2 is 2.00 bits per heavy atom. The smallest absolute Gasteiger partial charge is 0.246 e. The number of methoxy groups -OCH3 is 1. The van der Waals surface area contributed by atoms with E-state index in [-0.39, 0.29) is 11.8 Å². The molecule has 114 valence electrons. The minimum atomic E-state index is -0.462. The molecule has 5 heteroatoms. The zero-order valence-corrected chi connectivity index (χ0v) is 12.8. The van der Waals surface area contributed by atoms with E-state index < -0.39 is 12.1 Å². The maximum Gasteiger partial charge on any atom is 0.246 e. The number of carbonyl (C=O) groups is 2. The Labute approximate surface area is 125 Å². The summed E-state index contributed by atoms with van der Waals surface area (Å²) in [7, 11) is 1.60. The molecule has 1 saturated heterocycles. The van der Waals surface area contributed by atoms with Crippen LogP contribution in [0.1, 0.15) is 32.3 Å². The van der Waals surface area contributed by atoms with E-state index in [1.54, 1.807) is 18.9 Å². The van der Waals surface area contributed by atoms with Crippen molar-refractivity contribution in [2.24, 2.45) is 0 Å². The molecular weight excluding hydrogens is 268 g/mol. The lowest BCUT2D eigenvalue weighted by atomic mass is 10.0. The van der Waals surface area contributed by atoms with Crippen molar-refractivity contribution in [3.63, 3.8) is 0 Å². The number of amides is 2. The van der Waals surface area contributed by atoms with Crippen molar-refractivity contribution in [3.05, 3.63) is 29.8 Å². The Balaban J connectivity index is 2.23. The lowest BCUT2D eigenvalue weighted by Crippen LogP contribution is -2.61. The van der Waals surface area contributed by atoms with E-state index in [1.807, 2.05) is 31.2 Å². The summed E-state index contributed by atoms with van der Waals surface area (Å²) in [5.41, 5.74) is 0.908. The van der Waals surface area contributed by atoms with E-state index in [4.69, 9.17) is 4.74 Å². The zero-order chi connectivity index (χ0) is 15.4. The summed E-state index contributed by atoms with van der Waals surface area (Å²) in [6.45, 7) is 4.14. The van der Waals surface area contributed by atoms with Gasteiger partial charge in [0.2, 0.25) is 11.8 Å². The molecule has 1 N–H and O–H groups in total. The predicted molar refractivity (Wildman–Crippen MR) is 79.8 cm³/mol. The Morgan fingerprint density at radius 3 is 2.67 bits per heavy atom. The maximum absolute atomic E-state index is 12.5. The number of benzene rings is 1. The minimum absolute atomic E-state index is 0.0187. The Hall–Kier alpha value is -2.04. The van der Waals surface area contributed by atoms with Crippen molar-refractivity contribution in [2.75, 3.05) is 7.11 Å². The fourth-order valence-corrected chi connectivity index (χ4v) is 2.60. The zero-order valence-electron chi connectivity index (χ0n) is 12.8. The number of ether oxygens (including phenoxy) is 1. The average molecular weight is 290 g/mol. The molecule has 5 nitrogen and oxygen atoms in total. The van der Waals surface area contributed by atoms with Gasteiger partial charge in [0, 0.05) is 5.56 Å². The van der Waals surface area contributed by atoms with E-state index >= 15 is 0 Å². The lowest BCUT2D eigenvalue weighted by Gasteiger charge is -2.37. The maximum atomic E-state index is 12.5. The van der Waals surface area contributed by atoms with Gasteiger partial charge >= 0.3 is 0 Å². The highest BCUT2D eigenvalue weighted by Gasteiger charge is 2.37. The molecule has 0 saturated carbocycles. The van der Waals surface area contributed by atoms with Gasteiger partial charge in [-0.15, -0.1) is 0 Å². The molecule has 0 spiro atoms. The molecule has 1 aliphatic rings. The largest absolute Gasteiger partial charge is 0.496 e. The van der Waals surface area contributed by atoms with Crippen molar-refractivity contribution in [2.45, 2.75) is 45.3 Å². The summed E-state index contributed by atoms with van der Waals surface area (Å²) in [6, 6.07) is 6.69. The molecule has 21 heavy (non-hydrogen) atoms. The fourth-order valence-electron chi connectivity index (χ4n) is 2.60. The fraction of sp³-hybridized carbons (Fsp3) is 0.500. The van der Waals surface area contributed by atoms with Crippen molar-refractivity contribution < 1.29 is 14.3 Å².